The number of ketones is 1. The van der Waals surface area contributed by atoms with Crippen molar-refractivity contribution in [3.63, 3.8) is 0 Å². The summed E-state index contributed by atoms with van der Waals surface area (Å²) in [5.41, 5.74) is 2.74. The van der Waals surface area contributed by atoms with Crippen LogP contribution < -0.4 is 5.32 Å². The highest BCUT2D eigenvalue weighted by atomic mass is 35.5. The molecule has 0 bridgehead atoms. The maximum atomic E-state index is 13.0. The second-order valence-corrected chi connectivity index (χ2v) is 7.13. The molecule has 2 fully saturated rings. The number of hydrogen-bond acceptors (Lipinski definition) is 3. The lowest BCUT2D eigenvalue weighted by molar-refractivity contribution is 0.0777. The second-order valence-electron chi connectivity index (χ2n) is 7.13. The van der Waals surface area contributed by atoms with Crippen molar-refractivity contribution in [3.05, 3.63) is 70.8 Å². The Balaban J connectivity index is 0.00000196. The zero-order valence-electron chi connectivity index (χ0n) is 14.8. The topological polar surface area (TPSA) is 49.4 Å². The fourth-order valence-electron chi connectivity index (χ4n) is 3.92. The van der Waals surface area contributed by atoms with Gasteiger partial charge in [-0.05, 0) is 24.8 Å². The van der Waals surface area contributed by atoms with Crippen LogP contribution in [0.3, 0.4) is 0 Å². The quantitative estimate of drug-likeness (QED) is 0.845. The fourth-order valence-corrected chi connectivity index (χ4v) is 3.92. The minimum atomic E-state index is -0.0926. The molecule has 1 N–H and O–H groups in total. The molecule has 0 aromatic heterocycles. The van der Waals surface area contributed by atoms with Crippen LogP contribution in [-0.4, -0.2) is 42.8 Å². The summed E-state index contributed by atoms with van der Waals surface area (Å²) in [5, 5.41) is 3.39. The first-order valence-corrected chi connectivity index (χ1v) is 8.84. The molecule has 136 valence electrons. The summed E-state index contributed by atoms with van der Waals surface area (Å²) >= 11 is 0. The first-order valence-electron chi connectivity index (χ1n) is 8.84. The van der Waals surface area contributed by atoms with Gasteiger partial charge >= 0.3 is 0 Å². The molecule has 1 amide bonds. The monoisotopic (exact) mass is 370 g/mol. The van der Waals surface area contributed by atoms with Crippen molar-refractivity contribution in [2.24, 2.45) is 11.8 Å². The molecule has 2 saturated heterocycles. The van der Waals surface area contributed by atoms with Gasteiger partial charge in [-0.15, -0.1) is 12.4 Å². The molecule has 4 rings (SSSR count). The van der Waals surface area contributed by atoms with E-state index in [1.165, 1.54) is 0 Å². The maximum Gasteiger partial charge on any atom is 0.254 e. The van der Waals surface area contributed by atoms with Gasteiger partial charge < -0.3 is 10.2 Å². The summed E-state index contributed by atoms with van der Waals surface area (Å²) in [4.78, 5) is 27.9. The van der Waals surface area contributed by atoms with Crippen LogP contribution in [0.1, 0.15) is 31.8 Å². The Morgan fingerprint density at radius 3 is 2.12 bits per heavy atom. The molecule has 26 heavy (non-hydrogen) atoms. The zero-order chi connectivity index (χ0) is 17.4. The van der Waals surface area contributed by atoms with E-state index in [4.69, 9.17) is 0 Å². The van der Waals surface area contributed by atoms with E-state index in [2.05, 4.69) is 5.32 Å². The summed E-state index contributed by atoms with van der Waals surface area (Å²) in [6.07, 6.45) is 0. The molecule has 2 atom stereocenters. The van der Waals surface area contributed by atoms with E-state index in [0.29, 0.717) is 28.5 Å². The van der Waals surface area contributed by atoms with Crippen molar-refractivity contribution in [2.75, 3.05) is 26.2 Å². The Morgan fingerprint density at radius 2 is 1.50 bits per heavy atom. The number of aryl methyl sites for hydroxylation is 1. The molecule has 2 aromatic rings. The van der Waals surface area contributed by atoms with E-state index >= 15 is 0 Å². The van der Waals surface area contributed by atoms with Crippen molar-refractivity contribution >= 4 is 24.1 Å². The van der Waals surface area contributed by atoms with Crippen LogP contribution >= 0.6 is 12.4 Å². The van der Waals surface area contributed by atoms with Crippen molar-refractivity contribution in [2.45, 2.75) is 6.92 Å². The molecular weight excluding hydrogens is 348 g/mol. The van der Waals surface area contributed by atoms with Crippen LogP contribution in [0.25, 0.3) is 0 Å². The van der Waals surface area contributed by atoms with Gasteiger partial charge in [0, 0.05) is 37.3 Å². The molecule has 0 radical (unpaired) electrons. The molecule has 5 heteroatoms. The van der Waals surface area contributed by atoms with Crippen LogP contribution in [0.15, 0.2) is 48.5 Å². The standard InChI is InChI=1S/C21H22N2O2.ClH/c1-14-6-8-15(9-7-14)20(24)18-4-2-3-5-19(18)21(25)23-12-16-10-22-11-17(16)13-23;/h2-9,16-17,22H,10-13H2,1H3;1H/t16-,17+;. The molecule has 4 nitrogen and oxygen atoms in total. The Hall–Kier alpha value is -2.17. The van der Waals surface area contributed by atoms with Crippen LogP contribution in [-0.2, 0) is 0 Å². The highest BCUT2D eigenvalue weighted by Crippen LogP contribution is 2.28. The van der Waals surface area contributed by atoms with Crippen LogP contribution in [0.2, 0.25) is 0 Å². The predicted molar refractivity (Wildman–Crippen MR) is 104 cm³/mol. The largest absolute Gasteiger partial charge is 0.338 e. The number of fused-ring (bicyclic) bond motifs is 1. The molecular formula is C21H23ClN2O2. The summed E-state index contributed by atoms with van der Waals surface area (Å²) in [5.74, 6) is 0.975. The lowest BCUT2D eigenvalue weighted by Gasteiger charge is -2.19. The van der Waals surface area contributed by atoms with Gasteiger partial charge in [0.15, 0.2) is 5.78 Å². The average molecular weight is 371 g/mol. The average Bonchev–Trinajstić information content (AvgIpc) is 3.23. The van der Waals surface area contributed by atoms with E-state index in [1.807, 2.05) is 48.2 Å². The Morgan fingerprint density at radius 1 is 0.923 bits per heavy atom. The number of nitrogens with one attached hydrogen (secondary N) is 1. The highest BCUT2D eigenvalue weighted by molar-refractivity contribution is 6.15. The Kier molecular flexibility index (Phi) is 5.44. The number of likely N-dealkylation sites (tertiary alicyclic amines) is 1. The second kappa shape index (κ2) is 7.60. The summed E-state index contributed by atoms with van der Waals surface area (Å²) < 4.78 is 0. The van der Waals surface area contributed by atoms with E-state index in [0.717, 1.165) is 31.7 Å². The third kappa shape index (κ3) is 3.39. The number of hydrogen-bond donors (Lipinski definition) is 1. The summed E-state index contributed by atoms with van der Waals surface area (Å²) in [6, 6.07) is 14.7. The SMILES string of the molecule is Cc1ccc(C(=O)c2ccccc2C(=O)N2C[C@H]3CNC[C@H]3C2)cc1.Cl. The molecule has 0 aliphatic carbocycles. The fraction of sp³-hybridized carbons (Fsp3) is 0.333. The normalized spacial score (nSPS) is 21.2. The maximum absolute atomic E-state index is 13.0. The van der Waals surface area contributed by atoms with Gasteiger partial charge in [-0.2, -0.15) is 0 Å². The summed E-state index contributed by atoms with van der Waals surface area (Å²) in [7, 11) is 0. The Bertz CT molecular complexity index is 807. The van der Waals surface area contributed by atoms with E-state index in [-0.39, 0.29) is 24.1 Å². The molecule has 0 saturated carbocycles. The molecule has 0 unspecified atom stereocenters. The van der Waals surface area contributed by atoms with Gasteiger partial charge in [-0.1, -0.05) is 48.0 Å². The van der Waals surface area contributed by atoms with E-state index in [1.54, 1.807) is 12.1 Å². The number of halogens is 1. The first kappa shape index (κ1) is 18.6. The number of carbonyl (C=O) groups is 2. The van der Waals surface area contributed by atoms with Crippen LogP contribution in [0.5, 0.6) is 0 Å². The Labute approximate surface area is 160 Å². The number of amides is 1. The molecule has 2 aromatic carbocycles. The molecule has 0 spiro atoms. The lowest BCUT2D eigenvalue weighted by Crippen LogP contribution is -2.32. The van der Waals surface area contributed by atoms with Gasteiger partial charge in [0.2, 0.25) is 0 Å². The lowest BCUT2D eigenvalue weighted by atomic mass is 9.97. The van der Waals surface area contributed by atoms with Gasteiger partial charge in [-0.3, -0.25) is 9.59 Å². The van der Waals surface area contributed by atoms with Crippen molar-refractivity contribution in [3.8, 4) is 0 Å². The minimum Gasteiger partial charge on any atom is -0.338 e. The molecule has 2 heterocycles. The number of rotatable bonds is 3. The predicted octanol–water partition coefficient (Wildman–Crippen LogP) is 2.94. The minimum absolute atomic E-state index is 0. The smallest absolute Gasteiger partial charge is 0.254 e. The van der Waals surface area contributed by atoms with Gasteiger partial charge in [0.1, 0.15) is 0 Å². The van der Waals surface area contributed by atoms with Gasteiger partial charge in [0.25, 0.3) is 5.91 Å². The third-order valence-corrected chi connectivity index (χ3v) is 5.39. The number of carbonyl (C=O) groups excluding carboxylic acids is 2. The molecule has 2 aliphatic rings. The van der Waals surface area contributed by atoms with E-state index < -0.39 is 0 Å². The first-order chi connectivity index (χ1) is 12.1. The third-order valence-electron chi connectivity index (χ3n) is 5.39. The zero-order valence-corrected chi connectivity index (χ0v) is 15.6. The van der Waals surface area contributed by atoms with E-state index in [9.17, 15) is 9.59 Å². The van der Waals surface area contributed by atoms with Crippen molar-refractivity contribution < 1.29 is 9.59 Å². The number of benzene rings is 2. The number of nitrogens with zero attached hydrogens (tertiary/aromatic N) is 1. The highest BCUT2D eigenvalue weighted by Gasteiger charge is 2.38. The van der Waals surface area contributed by atoms with Crippen molar-refractivity contribution in [1.82, 2.24) is 10.2 Å². The van der Waals surface area contributed by atoms with Gasteiger partial charge in [0.05, 0.1) is 5.56 Å². The van der Waals surface area contributed by atoms with Gasteiger partial charge in [-0.25, -0.2) is 0 Å². The molecule has 2 aliphatic heterocycles. The van der Waals surface area contributed by atoms with Crippen LogP contribution in [0.4, 0.5) is 0 Å². The summed E-state index contributed by atoms with van der Waals surface area (Å²) in [6.45, 7) is 5.52. The van der Waals surface area contributed by atoms with Crippen molar-refractivity contribution in [1.29, 1.82) is 0 Å². The van der Waals surface area contributed by atoms with Crippen LogP contribution in [0, 0.1) is 18.8 Å².